The van der Waals surface area contributed by atoms with Gasteiger partial charge in [0.25, 0.3) is 0 Å². The van der Waals surface area contributed by atoms with E-state index in [1.165, 1.54) is 44.9 Å². The first-order chi connectivity index (χ1) is 8.12. The van der Waals surface area contributed by atoms with E-state index in [2.05, 4.69) is 24.6 Å². The van der Waals surface area contributed by atoms with Crippen LogP contribution in [-0.4, -0.2) is 17.5 Å². The van der Waals surface area contributed by atoms with Crippen LogP contribution >= 0.6 is 0 Å². The van der Waals surface area contributed by atoms with Crippen molar-refractivity contribution in [3.05, 3.63) is 0 Å². The number of nitrogens with zero attached hydrogens (tertiary/aromatic N) is 1. The van der Waals surface area contributed by atoms with Crippen LogP contribution in [0.25, 0.3) is 0 Å². The Balaban J connectivity index is 1.92. The molecule has 17 heavy (non-hydrogen) atoms. The summed E-state index contributed by atoms with van der Waals surface area (Å²) in [6.07, 6.45) is 9.02. The van der Waals surface area contributed by atoms with E-state index in [-0.39, 0.29) is 5.54 Å². The Kier molecular flexibility index (Phi) is 3.92. The maximum atomic E-state index is 5.57. The molecule has 2 saturated carbocycles. The molecule has 0 aromatic carbocycles. The molecule has 0 aromatic heterocycles. The average molecular weight is 238 g/mol. The Hall–Kier alpha value is -0.770. The fraction of sp³-hybridized carbons (Fsp3) is 0.923. The molecule has 4 nitrogen and oxygen atoms in total. The Morgan fingerprint density at radius 3 is 2.29 bits per heavy atom. The van der Waals surface area contributed by atoms with Gasteiger partial charge in [0.05, 0.1) is 6.04 Å². The summed E-state index contributed by atoms with van der Waals surface area (Å²) in [5.74, 6) is 7.12. The van der Waals surface area contributed by atoms with Crippen LogP contribution < -0.4 is 16.6 Å². The van der Waals surface area contributed by atoms with Crippen molar-refractivity contribution >= 4 is 5.96 Å². The minimum Gasteiger partial charge on any atom is -0.350 e. The maximum absolute atomic E-state index is 5.57. The van der Waals surface area contributed by atoms with E-state index in [1.807, 2.05) is 0 Å². The molecule has 0 unspecified atom stereocenters. The quantitative estimate of drug-likeness (QED) is 0.305. The molecule has 98 valence electrons. The molecule has 2 fully saturated rings. The van der Waals surface area contributed by atoms with E-state index in [9.17, 15) is 0 Å². The predicted octanol–water partition coefficient (Wildman–Crippen LogP) is 1.92. The summed E-state index contributed by atoms with van der Waals surface area (Å²) in [6.45, 7) is 4.47. The van der Waals surface area contributed by atoms with E-state index >= 15 is 0 Å². The Bertz CT molecular complexity index is 275. The largest absolute Gasteiger partial charge is 0.350 e. The van der Waals surface area contributed by atoms with E-state index in [0.29, 0.717) is 6.04 Å². The van der Waals surface area contributed by atoms with E-state index in [0.717, 1.165) is 11.9 Å². The van der Waals surface area contributed by atoms with Gasteiger partial charge >= 0.3 is 0 Å². The molecule has 0 spiro atoms. The number of nitrogens with two attached hydrogens (primary N) is 1. The van der Waals surface area contributed by atoms with Gasteiger partial charge in [-0.15, -0.1) is 0 Å². The zero-order valence-corrected chi connectivity index (χ0v) is 11.1. The monoisotopic (exact) mass is 238 g/mol. The molecular weight excluding hydrogens is 212 g/mol. The van der Waals surface area contributed by atoms with Crippen LogP contribution in [0.1, 0.15) is 58.8 Å². The highest BCUT2D eigenvalue weighted by atomic mass is 15.3. The number of hydrogen-bond acceptors (Lipinski definition) is 2. The van der Waals surface area contributed by atoms with Crippen molar-refractivity contribution in [2.45, 2.75) is 70.4 Å². The first-order valence-electron chi connectivity index (χ1n) is 6.94. The second kappa shape index (κ2) is 5.25. The minimum atomic E-state index is 0.111. The third-order valence-corrected chi connectivity index (χ3v) is 4.06. The van der Waals surface area contributed by atoms with Gasteiger partial charge in [-0.2, -0.15) is 0 Å². The highest BCUT2D eigenvalue weighted by Gasteiger charge is 2.38. The highest BCUT2D eigenvalue weighted by Crippen LogP contribution is 2.39. The molecule has 2 aliphatic carbocycles. The van der Waals surface area contributed by atoms with Crippen molar-refractivity contribution in [3.8, 4) is 0 Å². The molecule has 0 aliphatic heterocycles. The molecule has 4 N–H and O–H groups in total. The lowest BCUT2D eigenvalue weighted by Gasteiger charge is -2.29. The van der Waals surface area contributed by atoms with Crippen LogP contribution in [0.4, 0.5) is 0 Å². The molecule has 4 heteroatoms. The third-order valence-electron chi connectivity index (χ3n) is 4.06. The van der Waals surface area contributed by atoms with Gasteiger partial charge < -0.3 is 5.32 Å². The topological polar surface area (TPSA) is 62.4 Å². The molecule has 2 aliphatic rings. The van der Waals surface area contributed by atoms with Crippen molar-refractivity contribution < 1.29 is 0 Å². The van der Waals surface area contributed by atoms with Crippen LogP contribution in [0.15, 0.2) is 4.99 Å². The molecule has 0 saturated heterocycles. The van der Waals surface area contributed by atoms with Crippen LogP contribution in [0.2, 0.25) is 0 Å². The van der Waals surface area contributed by atoms with Crippen molar-refractivity contribution in [2.24, 2.45) is 16.8 Å². The molecular formula is C13H26N4. The maximum Gasteiger partial charge on any atom is 0.206 e. The summed E-state index contributed by atoms with van der Waals surface area (Å²) >= 11 is 0. The van der Waals surface area contributed by atoms with Crippen molar-refractivity contribution in [3.63, 3.8) is 0 Å². The summed E-state index contributed by atoms with van der Waals surface area (Å²) in [5, 5.41) is 3.47. The Morgan fingerprint density at radius 2 is 1.76 bits per heavy atom. The van der Waals surface area contributed by atoms with E-state index < -0.39 is 0 Å². The zero-order valence-electron chi connectivity index (χ0n) is 11.1. The van der Waals surface area contributed by atoms with Crippen molar-refractivity contribution in [2.75, 3.05) is 0 Å². The predicted molar refractivity (Wildman–Crippen MR) is 71.6 cm³/mol. The number of nitrogens with one attached hydrogen (secondary N) is 2. The van der Waals surface area contributed by atoms with Gasteiger partial charge in [0.1, 0.15) is 0 Å². The second-order valence-electron chi connectivity index (χ2n) is 6.03. The number of rotatable bonds is 3. The third kappa shape index (κ3) is 3.60. The van der Waals surface area contributed by atoms with Crippen molar-refractivity contribution in [1.82, 2.24) is 10.7 Å². The Morgan fingerprint density at radius 1 is 1.12 bits per heavy atom. The van der Waals surface area contributed by atoms with E-state index in [4.69, 9.17) is 10.8 Å². The van der Waals surface area contributed by atoms with Gasteiger partial charge in [-0.3, -0.25) is 5.43 Å². The normalized spacial score (nSPS) is 23.6. The highest BCUT2D eigenvalue weighted by molar-refractivity contribution is 5.80. The number of hydrogen-bond donors (Lipinski definition) is 3. The number of aliphatic imine (C=N–C) groups is 1. The standard InChI is InChI=1S/C13H26N4/c1-13(2,10-8-9-10)16-12(17-14)15-11-6-4-3-5-7-11/h10-11H,3-9,14H2,1-2H3,(H2,15,16,17). The molecule has 0 amide bonds. The lowest BCUT2D eigenvalue weighted by Crippen LogP contribution is -2.53. The SMILES string of the molecule is CC(C)(NC(=NC1CCCCC1)NN)C1CC1. The van der Waals surface area contributed by atoms with Gasteiger partial charge in [0.15, 0.2) is 0 Å². The first-order valence-corrected chi connectivity index (χ1v) is 6.94. The Labute approximate surface area is 104 Å². The van der Waals surface area contributed by atoms with E-state index in [1.54, 1.807) is 0 Å². The van der Waals surface area contributed by atoms with Crippen LogP contribution in [-0.2, 0) is 0 Å². The lowest BCUT2D eigenvalue weighted by atomic mass is 9.96. The fourth-order valence-corrected chi connectivity index (χ4v) is 2.71. The van der Waals surface area contributed by atoms with Gasteiger partial charge in [0, 0.05) is 5.54 Å². The summed E-state index contributed by atoms with van der Waals surface area (Å²) in [7, 11) is 0. The minimum absolute atomic E-state index is 0.111. The summed E-state index contributed by atoms with van der Waals surface area (Å²) in [6, 6.07) is 0.456. The average Bonchev–Trinajstić information content (AvgIpc) is 3.13. The first kappa shape index (κ1) is 12.7. The molecule has 0 aromatic rings. The number of hydrazine groups is 1. The molecule has 2 rings (SSSR count). The summed E-state index contributed by atoms with van der Waals surface area (Å²) < 4.78 is 0. The molecule has 0 heterocycles. The summed E-state index contributed by atoms with van der Waals surface area (Å²) in [5.41, 5.74) is 2.84. The van der Waals surface area contributed by atoms with Gasteiger partial charge in [0.2, 0.25) is 5.96 Å². The fourth-order valence-electron chi connectivity index (χ4n) is 2.71. The van der Waals surface area contributed by atoms with Crippen LogP contribution in [0.3, 0.4) is 0 Å². The number of guanidine groups is 1. The molecule has 0 bridgehead atoms. The van der Waals surface area contributed by atoms with Crippen molar-refractivity contribution in [1.29, 1.82) is 0 Å². The lowest BCUT2D eigenvalue weighted by molar-refractivity contribution is 0.390. The smallest absolute Gasteiger partial charge is 0.206 e. The summed E-state index contributed by atoms with van der Waals surface area (Å²) in [4.78, 5) is 4.72. The molecule has 0 radical (unpaired) electrons. The van der Waals surface area contributed by atoms with Gasteiger partial charge in [-0.1, -0.05) is 19.3 Å². The second-order valence-corrected chi connectivity index (χ2v) is 6.03. The molecule has 0 atom stereocenters. The van der Waals surface area contributed by atoms with Gasteiger partial charge in [-0.25, -0.2) is 10.8 Å². The van der Waals surface area contributed by atoms with Crippen LogP contribution in [0, 0.1) is 5.92 Å². The van der Waals surface area contributed by atoms with Crippen LogP contribution in [0.5, 0.6) is 0 Å². The van der Waals surface area contributed by atoms with Gasteiger partial charge in [-0.05, 0) is 45.4 Å². The zero-order chi connectivity index (χ0) is 12.3.